The summed E-state index contributed by atoms with van der Waals surface area (Å²) in [7, 11) is 0. The summed E-state index contributed by atoms with van der Waals surface area (Å²) in [5.74, 6) is -3.16. The fourth-order valence-corrected chi connectivity index (χ4v) is 6.41. The van der Waals surface area contributed by atoms with Gasteiger partial charge in [0.1, 0.15) is 6.17 Å². The Labute approximate surface area is 217 Å². The van der Waals surface area contributed by atoms with Crippen molar-refractivity contribution in [3.05, 3.63) is 97.8 Å². The summed E-state index contributed by atoms with van der Waals surface area (Å²) in [5, 5.41) is 20.8. The predicted molar refractivity (Wildman–Crippen MR) is 134 cm³/mol. The molecule has 7 rings (SSSR count). The zero-order chi connectivity index (χ0) is 26.3. The van der Waals surface area contributed by atoms with Crippen LogP contribution < -0.4 is 15.2 Å². The Morgan fingerprint density at radius 3 is 2.82 bits per heavy atom. The maximum absolute atomic E-state index is 15.3. The smallest absolute Gasteiger partial charge is 0.278 e. The number of nitrogens with one attached hydrogen (secondary N) is 1. The topological polar surface area (TPSA) is 104 Å². The van der Waals surface area contributed by atoms with Gasteiger partial charge in [0.15, 0.2) is 27.9 Å². The average molecular weight is 536 g/mol. The number of nitrogens with zero attached hydrogens (tertiary/aromatic N) is 4. The molecule has 0 bridgehead atoms. The van der Waals surface area contributed by atoms with Gasteiger partial charge in [-0.25, -0.2) is 13.5 Å². The van der Waals surface area contributed by atoms with Crippen molar-refractivity contribution in [1.82, 2.24) is 14.1 Å². The monoisotopic (exact) mass is 535 g/mol. The van der Waals surface area contributed by atoms with E-state index in [9.17, 15) is 19.1 Å². The number of fused-ring (bicyclic) bond motifs is 3. The molecular weight excluding hydrogens is 516 g/mol. The Hall–Kier alpha value is -4.29. The molecule has 2 aromatic heterocycles. The van der Waals surface area contributed by atoms with Gasteiger partial charge in [0.2, 0.25) is 5.43 Å². The zero-order valence-electron chi connectivity index (χ0n) is 19.6. The van der Waals surface area contributed by atoms with Crippen LogP contribution in [0.4, 0.5) is 8.78 Å². The first-order chi connectivity index (χ1) is 18.3. The van der Waals surface area contributed by atoms with Gasteiger partial charge in [-0.1, -0.05) is 29.5 Å². The maximum Gasteiger partial charge on any atom is 0.278 e. The Kier molecular flexibility index (Phi) is 4.88. The lowest BCUT2D eigenvalue weighted by Gasteiger charge is -2.47. The van der Waals surface area contributed by atoms with Crippen molar-refractivity contribution in [2.24, 2.45) is 0 Å². The van der Waals surface area contributed by atoms with E-state index in [-0.39, 0.29) is 42.4 Å². The number of aromatic hydroxyl groups is 1. The lowest BCUT2D eigenvalue weighted by Crippen LogP contribution is -2.63. The fourth-order valence-electron chi connectivity index (χ4n) is 5.47. The maximum atomic E-state index is 15.3. The number of rotatable bonds is 1. The molecule has 0 unspecified atom stereocenters. The highest BCUT2D eigenvalue weighted by Crippen LogP contribution is 2.38. The number of aromatic nitrogens is 2. The molecule has 1 atom stereocenters. The van der Waals surface area contributed by atoms with Gasteiger partial charge in [0.25, 0.3) is 5.91 Å². The average Bonchev–Trinajstić information content (AvgIpc) is 3.15. The molecule has 3 aliphatic rings. The molecule has 0 radical (unpaired) electrons. The molecule has 0 saturated carbocycles. The standard InChI is InChI=1S/C26H19F2N5O4S/c27-17-5-4-13-15(14-2-1-3-19-22(14)31(26(29)38-19)10-16(13)21(17)28)11-33-20-12-37-9-8-30(20)25(36)23-24(35)18(34)6-7-32(23)33/h1-7,11,20,29,35H,8-10,12H2/b15-11-,29-26?/t20-/m1/s1. The molecule has 4 aromatic rings. The largest absolute Gasteiger partial charge is 0.502 e. The second-order valence-corrected chi connectivity index (χ2v) is 10.3. The van der Waals surface area contributed by atoms with E-state index in [1.165, 1.54) is 33.2 Å². The Balaban J connectivity index is 1.57. The number of morpholine rings is 1. The first-order valence-corrected chi connectivity index (χ1v) is 12.6. The molecule has 1 saturated heterocycles. The highest BCUT2D eigenvalue weighted by Gasteiger charge is 2.41. The van der Waals surface area contributed by atoms with Gasteiger partial charge < -0.3 is 19.3 Å². The van der Waals surface area contributed by atoms with E-state index >= 15 is 4.39 Å². The number of carbonyl (C=O) groups is 1. The van der Waals surface area contributed by atoms with Crippen LogP contribution in [0.3, 0.4) is 0 Å². The molecule has 2 aromatic carbocycles. The van der Waals surface area contributed by atoms with E-state index in [1.807, 2.05) is 18.2 Å². The molecule has 0 spiro atoms. The summed E-state index contributed by atoms with van der Waals surface area (Å²) < 4.78 is 39.3. The lowest BCUT2D eigenvalue weighted by molar-refractivity contribution is -0.0130. The van der Waals surface area contributed by atoms with Gasteiger partial charge in [-0.2, -0.15) is 0 Å². The van der Waals surface area contributed by atoms with Crippen LogP contribution in [0, 0.1) is 17.0 Å². The van der Waals surface area contributed by atoms with Crippen molar-refractivity contribution >= 4 is 33.0 Å². The molecule has 12 heteroatoms. The van der Waals surface area contributed by atoms with E-state index in [2.05, 4.69) is 0 Å². The highest BCUT2D eigenvalue weighted by molar-refractivity contribution is 7.16. The molecule has 2 N–H and O–H groups in total. The van der Waals surface area contributed by atoms with Crippen LogP contribution in [0.5, 0.6) is 5.75 Å². The number of benzene rings is 2. The van der Waals surface area contributed by atoms with Crippen molar-refractivity contribution in [2.75, 3.05) is 24.8 Å². The van der Waals surface area contributed by atoms with Crippen LogP contribution in [-0.4, -0.2) is 51.1 Å². The van der Waals surface area contributed by atoms with Crippen LogP contribution in [0.2, 0.25) is 0 Å². The second-order valence-electron chi connectivity index (χ2n) is 9.23. The Bertz CT molecular complexity index is 1840. The summed E-state index contributed by atoms with van der Waals surface area (Å²) in [6.07, 6.45) is 2.47. The minimum absolute atomic E-state index is 0.0344. The Morgan fingerprint density at radius 1 is 1.13 bits per heavy atom. The first kappa shape index (κ1) is 22.9. The molecule has 9 nitrogen and oxygen atoms in total. The summed E-state index contributed by atoms with van der Waals surface area (Å²) in [4.78, 5) is 27.3. The van der Waals surface area contributed by atoms with Gasteiger partial charge >= 0.3 is 0 Å². The fraction of sp³-hybridized carbons (Fsp3) is 0.192. The summed E-state index contributed by atoms with van der Waals surface area (Å²) in [6.45, 7) is 0.641. The van der Waals surface area contributed by atoms with Crippen LogP contribution in [0.25, 0.3) is 15.8 Å². The number of hydrogen-bond donors (Lipinski definition) is 2. The van der Waals surface area contributed by atoms with Gasteiger partial charge in [-0.15, -0.1) is 0 Å². The molecule has 1 fully saturated rings. The third-order valence-corrected chi connectivity index (χ3v) is 8.21. The molecule has 192 valence electrons. The van der Waals surface area contributed by atoms with Crippen LogP contribution in [0.15, 0.2) is 53.6 Å². The van der Waals surface area contributed by atoms with Gasteiger partial charge in [-0.3, -0.25) is 20.0 Å². The summed E-state index contributed by atoms with van der Waals surface area (Å²) in [5.41, 5.74) is 1.57. The van der Waals surface area contributed by atoms with Gasteiger partial charge in [-0.05, 0) is 17.7 Å². The minimum Gasteiger partial charge on any atom is -0.502 e. The predicted octanol–water partition coefficient (Wildman–Crippen LogP) is 2.53. The van der Waals surface area contributed by atoms with Crippen LogP contribution in [0.1, 0.15) is 27.2 Å². The molecular formula is C26H19F2N5O4S. The van der Waals surface area contributed by atoms with E-state index in [4.69, 9.17) is 10.1 Å². The van der Waals surface area contributed by atoms with Crippen LogP contribution >= 0.6 is 11.3 Å². The third kappa shape index (κ3) is 3.07. The van der Waals surface area contributed by atoms with Gasteiger partial charge in [0, 0.05) is 41.7 Å². The quantitative estimate of drug-likeness (QED) is 0.344. The van der Waals surface area contributed by atoms with Crippen molar-refractivity contribution in [3.63, 3.8) is 0 Å². The number of pyridine rings is 1. The van der Waals surface area contributed by atoms with Crippen molar-refractivity contribution in [3.8, 4) is 5.75 Å². The van der Waals surface area contributed by atoms with Crippen molar-refractivity contribution in [1.29, 1.82) is 5.41 Å². The molecule has 0 aliphatic carbocycles. The number of ether oxygens (including phenoxy) is 1. The molecule has 1 amide bonds. The number of carbonyl (C=O) groups excluding carboxylic acids is 1. The highest BCUT2D eigenvalue weighted by atomic mass is 32.1. The molecule has 38 heavy (non-hydrogen) atoms. The number of para-hydroxylation sites is 1. The zero-order valence-corrected chi connectivity index (χ0v) is 20.5. The van der Waals surface area contributed by atoms with Crippen molar-refractivity contribution in [2.45, 2.75) is 12.7 Å². The van der Waals surface area contributed by atoms with E-state index in [0.717, 1.165) is 16.8 Å². The normalized spacial score (nSPS) is 19.4. The van der Waals surface area contributed by atoms with E-state index < -0.39 is 34.9 Å². The number of hydrogen-bond acceptors (Lipinski definition) is 7. The summed E-state index contributed by atoms with van der Waals surface area (Å²) >= 11 is 1.24. The number of amides is 1. The SMILES string of the molecule is N=c1sc2cccc3c2n1Cc1c(ccc(F)c1F)/C3=C/N1[C@@H]2COCCN2C(=O)c2c(O)c(=O)ccn21. The summed E-state index contributed by atoms with van der Waals surface area (Å²) in [6, 6.07) is 9.29. The minimum atomic E-state index is -0.995. The third-order valence-electron chi connectivity index (χ3n) is 7.25. The first-order valence-electron chi connectivity index (χ1n) is 11.8. The number of halogens is 2. The molecule has 3 aliphatic heterocycles. The van der Waals surface area contributed by atoms with E-state index in [1.54, 1.807) is 15.8 Å². The van der Waals surface area contributed by atoms with E-state index in [0.29, 0.717) is 22.2 Å². The van der Waals surface area contributed by atoms with Crippen molar-refractivity contribution < 1.29 is 23.4 Å². The van der Waals surface area contributed by atoms with Gasteiger partial charge in [0.05, 0.1) is 30.0 Å². The number of thiazole rings is 1. The second kappa shape index (κ2) is 8.10. The Morgan fingerprint density at radius 2 is 1.97 bits per heavy atom. The molecule has 5 heterocycles. The lowest BCUT2D eigenvalue weighted by atomic mass is 9.94. The van der Waals surface area contributed by atoms with Crippen LogP contribution in [-0.2, 0) is 11.3 Å².